The van der Waals surface area contributed by atoms with Gasteiger partial charge in [0.25, 0.3) is 0 Å². The lowest BCUT2D eigenvalue weighted by Gasteiger charge is -2.20. The monoisotopic (exact) mass is 246 g/mol. The first-order chi connectivity index (χ1) is 8.74. The van der Waals surface area contributed by atoms with Crippen LogP contribution in [0.2, 0.25) is 0 Å². The zero-order chi connectivity index (χ0) is 13.0. The van der Waals surface area contributed by atoms with Gasteiger partial charge in [0.05, 0.1) is 0 Å². The molecule has 0 aliphatic carbocycles. The van der Waals surface area contributed by atoms with Crippen LogP contribution in [0.25, 0.3) is 0 Å². The predicted octanol–water partition coefficient (Wildman–Crippen LogP) is 3.47. The van der Waals surface area contributed by atoms with Crippen molar-refractivity contribution in [3.8, 4) is 0 Å². The van der Waals surface area contributed by atoms with Crippen molar-refractivity contribution in [3.05, 3.63) is 29.3 Å². The number of benzene rings is 1. The molecule has 1 fully saturated rings. The number of rotatable bonds is 5. The van der Waals surface area contributed by atoms with Crippen LogP contribution < -0.4 is 10.6 Å². The standard InChI is InChI=1S/C16H26N2/c1-3-4-5-14-8-9-18(12-14)16-7-6-15(11-17)13(2)10-16/h6-7,10,14H,3-5,8-9,11-12,17H2,1-2H3/t14-/m1/s1. The van der Waals surface area contributed by atoms with Crippen LogP contribution in [0.5, 0.6) is 0 Å². The summed E-state index contributed by atoms with van der Waals surface area (Å²) in [5.74, 6) is 0.902. The Labute approximate surface area is 111 Å². The summed E-state index contributed by atoms with van der Waals surface area (Å²) < 4.78 is 0. The molecule has 2 heteroatoms. The molecule has 0 amide bonds. The molecule has 100 valence electrons. The van der Waals surface area contributed by atoms with Gasteiger partial charge < -0.3 is 10.6 Å². The van der Waals surface area contributed by atoms with E-state index in [2.05, 4.69) is 36.9 Å². The van der Waals surface area contributed by atoms with Crippen LogP contribution in [0, 0.1) is 12.8 Å². The quantitative estimate of drug-likeness (QED) is 0.862. The van der Waals surface area contributed by atoms with Crippen molar-refractivity contribution in [1.82, 2.24) is 0 Å². The molecular formula is C16H26N2. The van der Waals surface area contributed by atoms with E-state index < -0.39 is 0 Å². The van der Waals surface area contributed by atoms with E-state index in [0.717, 1.165) is 5.92 Å². The van der Waals surface area contributed by atoms with E-state index in [-0.39, 0.29) is 0 Å². The molecule has 0 bridgehead atoms. The van der Waals surface area contributed by atoms with Gasteiger partial charge in [0.2, 0.25) is 0 Å². The van der Waals surface area contributed by atoms with E-state index in [4.69, 9.17) is 5.73 Å². The largest absolute Gasteiger partial charge is 0.371 e. The van der Waals surface area contributed by atoms with E-state index in [0.29, 0.717) is 6.54 Å². The molecule has 0 unspecified atom stereocenters. The van der Waals surface area contributed by atoms with Crippen LogP contribution in [0.15, 0.2) is 18.2 Å². The average Bonchev–Trinajstić information content (AvgIpc) is 2.85. The normalized spacial score (nSPS) is 19.5. The van der Waals surface area contributed by atoms with Gasteiger partial charge in [0.15, 0.2) is 0 Å². The van der Waals surface area contributed by atoms with Crippen LogP contribution >= 0.6 is 0 Å². The summed E-state index contributed by atoms with van der Waals surface area (Å²) in [6, 6.07) is 6.71. The molecule has 2 N–H and O–H groups in total. The number of anilines is 1. The molecule has 1 aromatic carbocycles. The highest BCUT2D eigenvalue weighted by Gasteiger charge is 2.22. The Morgan fingerprint density at radius 1 is 1.39 bits per heavy atom. The molecule has 2 nitrogen and oxygen atoms in total. The minimum absolute atomic E-state index is 0.644. The second-order valence-electron chi connectivity index (χ2n) is 5.56. The summed E-state index contributed by atoms with van der Waals surface area (Å²) in [6.07, 6.45) is 5.45. The van der Waals surface area contributed by atoms with Crippen LogP contribution in [0.3, 0.4) is 0 Å². The maximum atomic E-state index is 5.72. The third-order valence-electron chi connectivity index (χ3n) is 4.16. The third-order valence-corrected chi connectivity index (χ3v) is 4.16. The maximum absolute atomic E-state index is 5.72. The van der Waals surface area contributed by atoms with Crippen molar-refractivity contribution in [3.63, 3.8) is 0 Å². The van der Waals surface area contributed by atoms with Gasteiger partial charge in [-0.3, -0.25) is 0 Å². The van der Waals surface area contributed by atoms with Crippen molar-refractivity contribution in [1.29, 1.82) is 0 Å². The first-order valence-electron chi connectivity index (χ1n) is 7.29. The Balaban J connectivity index is 1.98. The number of aryl methyl sites for hydroxylation is 1. The lowest BCUT2D eigenvalue weighted by atomic mass is 10.0. The van der Waals surface area contributed by atoms with Crippen molar-refractivity contribution < 1.29 is 0 Å². The Hall–Kier alpha value is -1.02. The summed E-state index contributed by atoms with van der Waals surface area (Å²) in [7, 11) is 0. The lowest BCUT2D eigenvalue weighted by Crippen LogP contribution is -2.19. The Bertz CT molecular complexity index is 387. The van der Waals surface area contributed by atoms with Gasteiger partial charge in [-0.2, -0.15) is 0 Å². The summed E-state index contributed by atoms with van der Waals surface area (Å²) in [5, 5.41) is 0. The van der Waals surface area contributed by atoms with E-state index >= 15 is 0 Å². The van der Waals surface area contributed by atoms with Gasteiger partial charge in [-0.25, -0.2) is 0 Å². The molecule has 1 aliphatic rings. The van der Waals surface area contributed by atoms with Crippen LogP contribution in [-0.2, 0) is 6.54 Å². The SMILES string of the molecule is CCCC[C@@H]1CCN(c2ccc(CN)c(C)c2)C1. The van der Waals surface area contributed by atoms with E-state index in [1.807, 2.05) is 0 Å². The summed E-state index contributed by atoms with van der Waals surface area (Å²) in [5.41, 5.74) is 9.69. The number of nitrogens with zero attached hydrogens (tertiary/aromatic N) is 1. The minimum atomic E-state index is 0.644. The molecule has 18 heavy (non-hydrogen) atoms. The molecule has 1 saturated heterocycles. The highest BCUT2D eigenvalue weighted by Crippen LogP contribution is 2.28. The van der Waals surface area contributed by atoms with Crippen LogP contribution in [-0.4, -0.2) is 13.1 Å². The highest BCUT2D eigenvalue weighted by molar-refractivity contribution is 5.51. The molecule has 2 rings (SSSR count). The fraction of sp³-hybridized carbons (Fsp3) is 0.625. The molecule has 1 heterocycles. The zero-order valence-corrected chi connectivity index (χ0v) is 11.8. The van der Waals surface area contributed by atoms with Gasteiger partial charge >= 0.3 is 0 Å². The Morgan fingerprint density at radius 2 is 2.22 bits per heavy atom. The van der Waals surface area contributed by atoms with Gasteiger partial charge in [-0.1, -0.05) is 25.8 Å². The summed E-state index contributed by atoms with van der Waals surface area (Å²) in [6.45, 7) is 7.54. The van der Waals surface area contributed by atoms with Gasteiger partial charge in [-0.05, 0) is 48.9 Å². The summed E-state index contributed by atoms with van der Waals surface area (Å²) >= 11 is 0. The molecule has 1 aromatic rings. The average molecular weight is 246 g/mol. The molecule has 0 radical (unpaired) electrons. The van der Waals surface area contributed by atoms with Crippen LogP contribution in [0.1, 0.15) is 43.7 Å². The molecule has 0 spiro atoms. The van der Waals surface area contributed by atoms with E-state index in [1.165, 1.54) is 55.6 Å². The zero-order valence-electron chi connectivity index (χ0n) is 11.8. The van der Waals surface area contributed by atoms with Crippen molar-refractivity contribution in [2.45, 2.75) is 46.1 Å². The summed E-state index contributed by atoms with van der Waals surface area (Å²) in [4.78, 5) is 2.54. The topological polar surface area (TPSA) is 29.3 Å². The van der Waals surface area contributed by atoms with E-state index in [1.54, 1.807) is 0 Å². The van der Waals surface area contributed by atoms with Gasteiger partial charge in [0, 0.05) is 25.3 Å². The van der Waals surface area contributed by atoms with Crippen molar-refractivity contribution in [2.75, 3.05) is 18.0 Å². The first-order valence-corrected chi connectivity index (χ1v) is 7.29. The predicted molar refractivity (Wildman–Crippen MR) is 78.9 cm³/mol. The van der Waals surface area contributed by atoms with Crippen molar-refractivity contribution >= 4 is 5.69 Å². The fourth-order valence-electron chi connectivity index (χ4n) is 2.90. The molecule has 1 aliphatic heterocycles. The maximum Gasteiger partial charge on any atom is 0.0369 e. The third kappa shape index (κ3) is 3.05. The van der Waals surface area contributed by atoms with Gasteiger partial charge in [-0.15, -0.1) is 0 Å². The molecule has 1 atom stereocenters. The van der Waals surface area contributed by atoms with Crippen molar-refractivity contribution in [2.24, 2.45) is 11.7 Å². The Morgan fingerprint density at radius 3 is 2.89 bits per heavy atom. The van der Waals surface area contributed by atoms with E-state index in [9.17, 15) is 0 Å². The highest BCUT2D eigenvalue weighted by atomic mass is 15.1. The first kappa shape index (κ1) is 13.4. The fourth-order valence-corrected chi connectivity index (χ4v) is 2.90. The Kier molecular flexibility index (Phi) is 4.65. The smallest absolute Gasteiger partial charge is 0.0369 e. The molecule has 0 saturated carbocycles. The second kappa shape index (κ2) is 6.24. The molecule has 0 aromatic heterocycles. The lowest BCUT2D eigenvalue weighted by molar-refractivity contribution is 0.510. The number of unbranched alkanes of at least 4 members (excludes halogenated alkanes) is 1. The number of hydrogen-bond acceptors (Lipinski definition) is 2. The number of hydrogen-bond donors (Lipinski definition) is 1. The number of nitrogens with two attached hydrogens (primary N) is 1. The van der Waals surface area contributed by atoms with Gasteiger partial charge in [0.1, 0.15) is 0 Å². The van der Waals surface area contributed by atoms with Crippen LogP contribution in [0.4, 0.5) is 5.69 Å². The minimum Gasteiger partial charge on any atom is -0.371 e. The molecular weight excluding hydrogens is 220 g/mol. The second-order valence-corrected chi connectivity index (χ2v) is 5.56.